The van der Waals surface area contributed by atoms with Crippen LogP contribution in [0.3, 0.4) is 0 Å². The highest BCUT2D eigenvalue weighted by Crippen LogP contribution is 2.20. The quantitative estimate of drug-likeness (QED) is 0.563. The number of rotatable bonds is 6. The molecular formula is C21H23ClN6O2. The summed E-state index contributed by atoms with van der Waals surface area (Å²) in [6.07, 6.45) is 3.27. The van der Waals surface area contributed by atoms with Gasteiger partial charge >= 0.3 is 6.09 Å². The topological polar surface area (TPSA) is 102 Å². The Morgan fingerprint density at radius 1 is 1.13 bits per heavy atom. The van der Waals surface area contributed by atoms with Gasteiger partial charge in [-0.05, 0) is 57.0 Å². The summed E-state index contributed by atoms with van der Waals surface area (Å²) in [6.45, 7) is 5.96. The van der Waals surface area contributed by atoms with Gasteiger partial charge in [-0.15, -0.1) is 0 Å². The Morgan fingerprint density at radius 3 is 2.73 bits per heavy atom. The Hall–Kier alpha value is -3.26. The Bertz CT molecular complexity index is 1020. The first-order chi connectivity index (χ1) is 14.3. The fourth-order valence-corrected chi connectivity index (χ4v) is 2.77. The number of hydrogen-bond acceptors (Lipinski definition) is 7. The number of nitrogens with zero attached hydrogens (tertiary/aromatic N) is 4. The van der Waals surface area contributed by atoms with Crippen LogP contribution in [0.1, 0.15) is 26.3 Å². The molecule has 3 aromatic rings. The number of carbonyl (C=O) groups is 1. The lowest BCUT2D eigenvalue weighted by Crippen LogP contribution is -2.33. The second kappa shape index (κ2) is 9.49. The summed E-state index contributed by atoms with van der Waals surface area (Å²) in [7, 11) is 0. The monoisotopic (exact) mass is 426 g/mol. The lowest BCUT2D eigenvalue weighted by Gasteiger charge is -2.19. The molecule has 2 heterocycles. The Balaban J connectivity index is 1.61. The first-order valence-corrected chi connectivity index (χ1v) is 9.80. The Morgan fingerprint density at radius 2 is 1.97 bits per heavy atom. The van der Waals surface area contributed by atoms with Crippen LogP contribution in [0.5, 0.6) is 0 Å². The van der Waals surface area contributed by atoms with Gasteiger partial charge in [-0.25, -0.2) is 19.7 Å². The van der Waals surface area contributed by atoms with Crippen molar-refractivity contribution in [3.05, 3.63) is 59.6 Å². The third-order valence-electron chi connectivity index (χ3n) is 3.82. The van der Waals surface area contributed by atoms with Gasteiger partial charge in [-0.1, -0.05) is 23.7 Å². The number of halogens is 1. The number of hydrogen-bond donors (Lipinski definition) is 2. The highest BCUT2D eigenvalue weighted by molar-refractivity contribution is 6.29. The van der Waals surface area contributed by atoms with Crippen LogP contribution in [0, 0.1) is 0 Å². The van der Waals surface area contributed by atoms with Crippen molar-refractivity contribution in [3.63, 3.8) is 0 Å². The fourth-order valence-electron chi connectivity index (χ4n) is 2.59. The third kappa shape index (κ3) is 6.66. The molecule has 0 radical (unpaired) electrons. The SMILES string of the molecule is CC(C)(C)OC(=O)NCCc1cccc(Nc2ncnc(-c3ccnc(Cl)c3)n2)c1. The summed E-state index contributed by atoms with van der Waals surface area (Å²) in [4.78, 5) is 28.5. The smallest absolute Gasteiger partial charge is 0.407 e. The van der Waals surface area contributed by atoms with Gasteiger partial charge in [0, 0.05) is 24.0 Å². The van der Waals surface area contributed by atoms with Crippen molar-refractivity contribution in [3.8, 4) is 11.4 Å². The number of anilines is 2. The van der Waals surface area contributed by atoms with Gasteiger partial charge in [-0.3, -0.25) is 0 Å². The summed E-state index contributed by atoms with van der Waals surface area (Å²) in [5, 5.41) is 6.30. The zero-order valence-electron chi connectivity index (χ0n) is 17.0. The minimum absolute atomic E-state index is 0.370. The summed E-state index contributed by atoms with van der Waals surface area (Å²) >= 11 is 5.94. The largest absolute Gasteiger partial charge is 0.444 e. The van der Waals surface area contributed by atoms with Crippen LogP contribution in [-0.2, 0) is 11.2 Å². The van der Waals surface area contributed by atoms with E-state index in [-0.39, 0.29) is 0 Å². The summed E-state index contributed by atoms with van der Waals surface area (Å²) in [5.41, 5.74) is 2.11. The van der Waals surface area contributed by atoms with Crippen LogP contribution in [0.2, 0.25) is 5.15 Å². The number of pyridine rings is 1. The van der Waals surface area contributed by atoms with Crippen molar-refractivity contribution >= 4 is 29.3 Å². The van der Waals surface area contributed by atoms with Gasteiger partial charge < -0.3 is 15.4 Å². The van der Waals surface area contributed by atoms with E-state index in [0.717, 1.165) is 16.8 Å². The van der Waals surface area contributed by atoms with E-state index < -0.39 is 11.7 Å². The molecule has 0 fully saturated rings. The highest BCUT2D eigenvalue weighted by atomic mass is 35.5. The maximum Gasteiger partial charge on any atom is 0.407 e. The zero-order valence-corrected chi connectivity index (χ0v) is 17.8. The second-order valence-electron chi connectivity index (χ2n) is 7.50. The molecule has 1 aromatic carbocycles. The van der Waals surface area contributed by atoms with Gasteiger partial charge in [0.15, 0.2) is 5.82 Å². The molecule has 0 spiro atoms. The van der Waals surface area contributed by atoms with E-state index in [1.807, 2.05) is 45.0 Å². The van der Waals surface area contributed by atoms with Crippen molar-refractivity contribution in [2.75, 3.05) is 11.9 Å². The molecule has 0 aliphatic heterocycles. The maximum absolute atomic E-state index is 11.7. The van der Waals surface area contributed by atoms with Crippen LogP contribution in [-0.4, -0.2) is 38.2 Å². The van der Waals surface area contributed by atoms with E-state index in [0.29, 0.717) is 29.9 Å². The predicted octanol–water partition coefficient (Wildman–Crippen LogP) is 4.40. The first kappa shape index (κ1) is 21.4. The fraction of sp³-hybridized carbons (Fsp3) is 0.286. The van der Waals surface area contributed by atoms with Crippen LogP contribution >= 0.6 is 11.6 Å². The summed E-state index contributed by atoms with van der Waals surface area (Å²) < 4.78 is 5.24. The molecule has 0 bridgehead atoms. The Kier molecular flexibility index (Phi) is 6.79. The number of benzene rings is 1. The summed E-state index contributed by atoms with van der Waals surface area (Å²) in [5.74, 6) is 0.909. The van der Waals surface area contributed by atoms with Crippen LogP contribution in [0.4, 0.5) is 16.4 Å². The number of amides is 1. The van der Waals surface area contributed by atoms with E-state index in [1.165, 1.54) is 6.33 Å². The van der Waals surface area contributed by atoms with Gasteiger partial charge in [0.1, 0.15) is 17.1 Å². The molecular weight excluding hydrogens is 404 g/mol. The van der Waals surface area contributed by atoms with Crippen molar-refractivity contribution in [2.45, 2.75) is 32.8 Å². The van der Waals surface area contributed by atoms with Crippen LogP contribution in [0.15, 0.2) is 48.9 Å². The molecule has 0 saturated carbocycles. The van der Waals surface area contributed by atoms with E-state index in [2.05, 4.69) is 30.6 Å². The molecule has 156 valence electrons. The lowest BCUT2D eigenvalue weighted by atomic mass is 10.1. The molecule has 2 aromatic heterocycles. The molecule has 0 saturated heterocycles. The molecule has 0 aliphatic carbocycles. The number of nitrogens with one attached hydrogen (secondary N) is 2. The third-order valence-corrected chi connectivity index (χ3v) is 4.03. The minimum Gasteiger partial charge on any atom is -0.444 e. The predicted molar refractivity (Wildman–Crippen MR) is 116 cm³/mol. The van der Waals surface area contributed by atoms with E-state index in [9.17, 15) is 4.79 Å². The molecule has 3 rings (SSSR count). The normalized spacial score (nSPS) is 11.1. The van der Waals surface area contributed by atoms with Crippen LogP contribution in [0.25, 0.3) is 11.4 Å². The number of ether oxygens (including phenoxy) is 1. The molecule has 8 nitrogen and oxygen atoms in total. The Labute approximate surface area is 180 Å². The first-order valence-electron chi connectivity index (χ1n) is 9.42. The van der Waals surface area contributed by atoms with E-state index in [4.69, 9.17) is 16.3 Å². The van der Waals surface area contributed by atoms with Gasteiger partial charge in [-0.2, -0.15) is 4.98 Å². The van der Waals surface area contributed by atoms with Crippen LogP contribution < -0.4 is 10.6 Å². The average Bonchev–Trinajstić information content (AvgIpc) is 2.67. The van der Waals surface area contributed by atoms with Gasteiger partial charge in [0.05, 0.1) is 0 Å². The van der Waals surface area contributed by atoms with Crippen molar-refractivity contribution in [2.24, 2.45) is 0 Å². The standard InChI is InChI=1S/C21H23ClN6O2/c1-21(2,3)30-20(29)24-9-7-14-5-4-6-16(11-14)27-19-26-13-25-18(28-19)15-8-10-23-17(22)12-15/h4-6,8,10-13H,7,9H2,1-3H3,(H,24,29)(H,25,26,27,28). The molecule has 30 heavy (non-hydrogen) atoms. The zero-order chi connectivity index (χ0) is 21.6. The van der Waals surface area contributed by atoms with Crippen molar-refractivity contribution in [1.29, 1.82) is 0 Å². The second-order valence-corrected chi connectivity index (χ2v) is 7.89. The minimum atomic E-state index is -0.515. The molecule has 9 heteroatoms. The maximum atomic E-state index is 11.7. The highest BCUT2D eigenvalue weighted by Gasteiger charge is 2.15. The summed E-state index contributed by atoms with van der Waals surface area (Å²) in [6, 6.07) is 11.3. The average molecular weight is 427 g/mol. The van der Waals surface area contributed by atoms with Gasteiger partial charge in [0.2, 0.25) is 5.95 Å². The van der Waals surface area contributed by atoms with E-state index >= 15 is 0 Å². The molecule has 2 N–H and O–H groups in total. The van der Waals surface area contributed by atoms with E-state index in [1.54, 1.807) is 18.3 Å². The number of aromatic nitrogens is 4. The van der Waals surface area contributed by atoms with Gasteiger partial charge in [0.25, 0.3) is 0 Å². The lowest BCUT2D eigenvalue weighted by molar-refractivity contribution is 0.0528. The number of alkyl carbamates (subject to hydrolysis) is 1. The van der Waals surface area contributed by atoms with Crippen molar-refractivity contribution < 1.29 is 9.53 Å². The molecule has 0 aliphatic rings. The number of carbonyl (C=O) groups excluding carboxylic acids is 1. The van der Waals surface area contributed by atoms with Crippen molar-refractivity contribution in [1.82, 2.24) is 25.3 Å². The molecule has 1 amide bonds. The molecule has 0 unspecified atom stereocenters. The molecule has 0 atom stereocenters.